The van der Waals surface area contributed by atoms with E-state index in [9.17, 15) is 13.6 Å². The third-order valence-corrected chi connectivity index (χ3v) is 3.05. The second-order valence-electron chi connectivity index (χ2n) is 4.28. The summed E-state index contributed by atoms with van der Waals surface area (Å²) in [5, 5.41) is 0. The van der Waals surface area contributed by atoms with Crippen LogP contribution in [0.25, 0.3) is 0 Å². The van der Waals surface area contributed by atoms with Gasteiger partial charge in [0.25, 0.3) is 12.3 Å². The highest BCUT2D eigenvalue weighted by atomic mass is 19.3. The third kappa shape index (κ3) is 2.81. The minimum absolute atomic E-state index is 0.0415. The Morgan fingerprint density at radius 2 is 1.65 bits per heavy atom. The molecule has 0 spiro atoms. The van der Waals surface area contributed by atoms with Gasteiger partial charge in [-0.1, -0.05) is 12.1 Å². The number of amides is 1. The van der Waals surface area contributed by atoms with Crippen LogP contribution in [-0.2, 0) is 0 Å². The first-order valence-corrected chi connectivity index (χ1v) is 5.86. The number of hydrogen-bond acceptors (Lipinski definition) is 1. The molecule has 1 aromatic rings. The number of likely N-dealkylation sites (tertiary alicyclic amines) is 1. The summed E-state index contributed by atoms with van der Waals surface area (Å²) in [6.07, 6.45) is 0.740. The molecule has 92 valence electrons. The van der Waals surface area contributed by atoms with E-state index in [-0.39, 0.29) is 11.5 Å². The lowest BCUT2D eigenvalue weighted by Crippen LogP contribution is -2.35. The Balaban J connectivity index is 2.08. The highest BCUT2D eigenvalue weighted by Crippen LogP contribution is 2.20. The predicted octanol–water partition coefficient (Wildman–Crippen LogP) is 3.25. The van der Waals surface area contributed by atoms with E-state index >= 15 is 0 Å². The summed E-state index contributed by atoms with van der Waals surface area (Å²) in [5.41, 5.74) is 0.455. The van der Waals surface area contributed by atoms with Gasteiger partial charge < -0.3 is 4.90 Å². The maximum atomic E-state index is 12.4. The van der Waals surface area contributed by atoms with Crippen molar-refractivity contribution in [3.05, 3.63) is 35.4 Å². The van der Waals surface area contributed by atoms with Crippen molar-refractivity contribution >= 4 is 5.91 Å². The van der Waals surface area contributed by atoms with E-state index in [1.54, 1.807) is 4.90 Å². The molecule has 1 fully saturated rings. The largest absolute Gasteiger partial charge is 0.339 e. The molecule has 1 amide bonds. The van der Waals surface area contributed by atoms with E-state index in [4.69, 9.17) is 0 Å². The second-order valence-corrected chi connectivity index (χ2v) is 4.28. The first-order chi connectivity index (χ1) is 8.18. The van der Waals surface area contributed by atoms with Crippen LogP contribution in [0, 0.1) is 0 Å². The molecule has 1 aliphatic rings. The molecular formula is C13H15F2NO. The average Bonchev–Trinajstić information content (AvgIpc) is 2.39. The van der Waals surface area contributed by atoms with Gasteiger partial charge in [0.15, 0.2) is 0 Å². The Hall–Kier alpha value is -1.45. The highest BCUT2D eigenvalue weighted by Gasteiger charge is 2.18. The van der Waals surface area contributed by atoms with Gasteiger partial charge in [-0.15, -0.1) is 0 Å². The fourth-order valence-electron chi connectivity index (χ4n) is 2.05. The fourth-order valence-corrected chi connectivity index (χ4v) is 2.05. The second kappa shape index (κ2) is 5.25. The molecule has 0 unspecified atom stereocenters. The van der Waals surface area contributed by atoms with Crippen molar-refractivity contribution in [3.63, 3.8) is 0 Å². The van der Waals surface area contributed by atoms with E-state index in [1.165, 1.54) is 24.3 Å². The molecule has 1 saturated heterocycles. The molecule has 1 aliphatic heterocycles. The zero-order valence-corrected chi connectivity index (χ0v) is 9.53. The molecular weight excluding hydrogens is 224 g/mol. The molecule has 0 aliphatic carbocycles. The Bertz CT molecular complexity index is 383. The highest BCUT2D eigenvalue weighted by molar-refractivity contribution is 5.94. The van der Waals surface area contributed by atoms with Crippen molar-refractivity contribution in [1.29, 1.82) is 0 Å². The molecule has 1 aromatic carbocycles. The maximum Gasteiger partial charge on any atom is 0.263 e. The molecule has 0 aromatic heterocycles. The lowest BCUT2D eigenvalue weighted by atomic mass is 10.1. The van der Waals surface area contributed by atoms with E-state index in [0.29, 0.717) is 5.56 Å². The van der Waals surface area contributed by atoms with Gasteiger partial charge in [0.1, 0.15) is 0 Å². The summed E-state index contributed by atoms with van der Waals surface area (Å²) < 4.78 is 24.7. The number of nitrogens with zero attached hydrogens (tertiary/aromatic N) is 1. The molecule has 0 bridgehead atoms. The van der Waals surface area contributed by atoms with Crippen LogP contribution in [0.1, 0.15) is 41.6 Å². The van der Waals surface area contributed by atoms with Crippen LogP contribution >= 0.6 is 0 Å². The number of hydrogen-bond donors (Lipinski definition) is 0. The number of rotatable bonds is 2. The van der Waals surface area contributed by atoms with E-state index in [1.807, 2.05) is 0 Å². The van der Waals surface area contributed by atoms with Gasteiger partial charge in [-0.05, 0) is 31.4 Å². The van der Waals surface area contributed by atoms with Gasteiger partial charge in [0, 0.05) is 24.2 Å². The summed E-state index contributed by atoms with van der Waals surface area (Å²) in [5.74, 6) is -0.0504. The van der Waals surface area contributed by atoms with Crippen LogP contribution in [0.2, 0.25) is 0 Å². The summed E-state index contributed by atoms with van der Waals surface area (Å²) in [7, 11) is 0. The first kappa shape index (κ1) is 12.0. The van der Waals surface area contributed by atoms with Crippen molar-refractivity contribution in [1.82, 2.24) is 4.90 Å². The van der Waals surface area contributed by atoms with Crippen molar-refractivity contribution in [2.45, 2.75) is 25.7 Å². The molecule has 0 atom stereocenters. The molecule has 1 heterocycles. The minimum atomic E-state index is -2.48. The average molecular weight is 239 g/mol. The first-order valence-electron chi connectivity index (χ1n) is 5.86. The molecule has 0 N–H and O–H groups in total. The maximum absolute atomic E-state index is 12.4. The Morgan fingerprint density at radius 1 is 1.06 bits per heavy atom. The van der Waals surface area contributed by atoms with Gasteiger partial charge in [0.05, 0.1) is 0 Å². The quantitative estimate of drug-likeness (QED) is 0.775. The van der Waals surface area contributed by atoms with Gasteiger partial charge in [-0.2, -0.15) is 0 Å². The summed E-state index contributed by atoms with van der Waals surface area (Å²) in [6.45, 7) is 1.55. The topological polar surface area (TPSA) is 20.3 Å². The molecule has 0 saturated carbocycles. The zero-order chi connectivity index (χ0) is 12.3. The van der Waals surface area contributed by atoms with E-state index in [0.717, 1.165) is 32.4 Å². The molecule has 2 rings (SSSR count). The summed E-state index contributed by atoms with van der Waals surface area (Å²) in [4.78, 5) is 13.8. The van der Waals surface area contributed by atoms with Crippen LogP contribution in [0.4, 0.5) is 8.78 Å². The number of halogens is 2. The fraction of sp³-hybridized carbons (Fsp3) is 0.462. The number of alkyl halides is 2. The monoisotopic (exact) mass is 239 g/mol. The minimum Gasteiger partial charge on any atom is -0.339 e. The van der Waals surface area contributed by atoms with Crippen LogP contribution in [-0.4, -0.2) is 23.9 Å². The van der Waals surface area contributed by atoms with Crippen LogP contribution in [0.5, 0.6) is 0 Å². The summed E-state index contributed by atoms with van der Waals surface area (Å²) in [6, 6.07) is 5.61. The summed E-state index contributed by atoms with van der Waals surface area (Å²) >= 11 is 0. The number of carbonyl (C=O) groups is 1. The van der Waals surface area contributed by atoms with Crippen LogP contribution in [0.15, 0.2) is 24.3 Å². The molecule has 4 heteroatoms. The Morgan fingerprint density at radius 3 is 2.18 bits per heavy atom. The Labute approximate surface area is 99.2 Å². The van der Waals surface area contributed by atoms with Gasteiger partial charge in [-0.3, -0.25) is 4.79 Å². The Kier molecular flexibility index (Phi) is 3.71. The van der Waals surface area contributed by atoms with Crippen molar-refractivity contribution < 1.29 is 13.6 Å². The number of benzene rings is 1. The van der Waals surface area contributed by atoms with Crippen molar-refractivity contribution in [3.8, 4) is 0 Å². The van der Waals surface area contributed by atoms with Crippen LogP contribution in [0.3, 0.4) is 0 Å². The van der Waals surface area contributed by atoms with Gasteiger partial charge in [0.2, 0.25) is 0 Å². The van der Waals surface area contributed by atoms with Gasteiger partial charge >= 0.3 is 0 Å². The SMILES string of the molecule is O=C(c1ccc(C(F)F)cc1)N1CCCCC1. The van der Waals surface area contributed by atoms with Gasteiger partial charge in [-0.25, -0.2) is 8.78 Å². The standard InChI is InChI=1S/C13H15F2NO/c14-12(15)10-4-6-11(7-5-10)13(17)16-8-2-1-3-9-16/h4-7,12H,1-3,8-9H2. The smallest absolute Gasteiger partial charge is 0.263 e. The lowest BCUT2D eigenvalue weighted by Gasteiger charge is -2.26. The number of carbonyl (C=O) groups excluding carboxylic acids is 1. The predicted molar refractivity (Wildman–Crippen MR) is 61.2 cm³/mol. The lowest BCUT2D eigenvalue weighted by molar-refractivity contribution is 0.0724. The molecule has 2 nitrogen and oxygen atoms in total. The molecule has 0 radical (unpaired) electrons. The van der Waals surface area contributed by atoms with Crippen molar-refractivity contribution in [2.75, 3.05) is 13.1 Å². The number of piperidine rings is 1. The zero-order valence-electron chi connectivity index (χ0n) is 9.53. The van der Waals surface area contributed by atoms with Crippen molar-refractivity contribution in [2.24, 2.45) is 0 Å². The van der Waals surface area contributed by atoms with E-state index in [2.05, 4.69) is 0 Å². The third-order valence-electron chi connectivity index (χ3n) is 3.05. The molecule has 17 heavy (non-hydrogen) atoms. The van der Waals surface area contributed by atoms with Crippen LogP contribution < -0.4 is 0 Å². The van der Waals surface area contributed by atoms with E-state index < -0.39 is 6.43 Å². The normalized spacial score (nSPS) is 16.3.